The Balaban J connectivity index is 1.58. The van der Waals surface area contributed by atoms with E-state index in [1.54, 1.807) is 40.7 Å². The molecule has 1 heterocycles. The van der Waals surface area contributed by atoms with Crippen LogP contribution in [-0.2, 0) is 21.3 Å². The van der Waals surface area contributed by atoms with Gasteiger partial charge in [-0.25, -0.2) is 13.2 Å². The van der Waals surface area contributed by atoms with Gasteiger partial charge in [0.25, 0.3) is 0 Å². The monoisotopic (exact) mass is 375 g/mol. The van der Waals surface area contributed by atoms with Crippen LogP contribution in [0.15, 0.2) is 59.5 Å². The number of methoxy groups -OCH3 is 1. The first-order valence-electron chi connectivity index (χ1n) is 8.57. The van der Waals surface area contributed by atoms with Crippen molar-refractivity contribution in [2.75, 3.05) is 33.3 Å². The molecule has 0 aliphatic carbocycles. The van der Waals surface area contributed by atoms with E-state index in [4.69, 9.17) is 4.74 Å². The lowest BCUT2D eigenvalue weighted by atomic mass is 10.1. The fourth-order valence-corrected chi connectivity index (χ4v) is 4.59. The van der Waals surface area contributed by atoms with Crippen LogP contribution in [0, 0.1) is 0 Å². The first-order valence-corrected chi connectivity index (χ1v) is 10.0. The van der Waals surface area contributed by atoms with Gasteiger partial charge in [-0.1, -0.05) is 30.3 Å². The molecule has 1 saturated heterocycles. The van der Waals surface area contributed by atoms with E-state index >= 15 is 0 Å². The molecule has 0 amide bonds. The number of ether oxygens (including phenoxy) is 1. The quantitative estimate of drug-likeness (QED) is 0.776. The van der Waals surface area contributed by atoms with Crippen molar-refractivity contribution in [3.63, 3.8) is 0 Å². The van der Waals surface area contributed by atoms with Crippen LogP contribution in [0.1, 0.15) is 15.9 Å². The van der Waals surface area contributed by atoms with Gasteiger partial charge in [-0.15, -0.1) is 0 Å². The maximum Gasteiger partial charge on any atom is 0.337 e. The second-order valence-corrected chi connectivity index (χ2v) is 8.27. The van der Waals surface area contributed by atoms with Gasteiger partial charge in [0.15, 0.2) is 0 Å². The van der Waals surface area contributed by atoms with E-state index < -0.39 is 10.0 Å². The number of carbonyl (C=O) groups is 1. The molecule has 0 aromatic heterocycles. The summed E-state index contributed by atoms with van der Waals surface area (Å²) in [6, 6.07) is 15.9. The summed E-state index contributed by atoms with van der Waals surface area (Å²) in [5.74, 6) is -0.344. The Labute approximate surface area is 154 Å². The van der Waals surface area contributed by atoms with Crippen molar-refractivity contribution < 1.29 is 22.8 Å². The minimum atomic E-state index is -3.41. The van der Waals surface area contributed by atoms with Crippen molar-refractivity contribution in [2.45, 2.75) is 11.4 Å². The van der Waals surface area contributed by atoms with Crippen LogP contribution in [0.25, 0.3) is 0 Å². The molecule has 6 nitrogen and oxygen atoms in total. The van der Waals surface area contributed by atoms with Crippen LogP contribution in [0.4, 0.5) is 0 Å². The molecule has 0 bridgehead atoms. The minimum Gasteiger partial charge on any atom is -0.465 e. The van der Waals surface area contributed by atoms with E-state index in [0.717, 1.165) is 25.2 Å². The molecule has 0 unspecified atom stereocenters. The molecular weight excluding hydrogens is 352 g/mol. The number of hydrogen-bond acceptors (Lipinski definition) is 4. The van der Waals surface area contributed by atoms with Gasteiger partial charge in [-0.2, -0.15) is 4.31 Å². The van der Waals surface area contributed by atoms with Crippen LogP contribution in [0.5, 0.6) is 0 Å². The van der Waals surface area contributed by atoms with E-state index in [0.29, 0.717) is 23.5 Å². The number of nitrogens with one attached hydrogen (secondary N) is 1. The van der Waals surface area contributed by atoms with E-state index in [2.05, 4.69) is 0 Å². The van der Waals surface area contributed by atoms with Gasteiger partial charge in [-0.05, 0) is 24.3 Å². The maximum absolute atomic E-state index is 12.7. The van der Waals surface area contributed by atoms with Crippen molar-refractivity contribution in [3.05, 3.63) is 65.7 Å². The lowest BCUT2D eigenvalue weighted by Gasteiger charge is -2.31. The third-order valence-corrected chi connectivity index (χ3v) is 6.55. The Hall–Kier alpha value is -2.22. The molecule has 1 aliphatic rings. The third kappa shape index (κ3) is 4.12. The average Bonchev–Trinajstić information content (AvgIpc) is 2.69. The van der Waals surface area contributed by atoms with Gasteiger partial charge in [0.1, 0.15) is 6.54 Å². The molecule has 7 heteroatoms. The summed E-state index contributed by atoms with van der Waals surface area (Å²) in [6.45, 7) is 3.33. The highest BCUT2D eigenvalue weighted by Crippen LogP contribution is 2.15. The van der Waals surface area contributed by atoms with E-state index in [-0.39, 0.29) is 5.97 Å². The second kappa shape index (κ2) is 7.99. The fourth-order valence-electron chi connectivity index (χ4n) is 3.13. The molecule has 2 aromatic rings. The predicted molar refractivity (Wildman–Crippen MR) is 97.4 cm³/mol. The van der Waals surface area contributed by atoms with Crippen LogP contribution >= 0.6 is 0 Å². The Kier molecular flexibility index (Phi) is 5.70. The van der Waals surface area contributed by atoms with Crippen molar-refractivity contribution in [3.8, 4) is 0 Å². The summed E-state index contributed by atoms with van der Waals surface area (Å²) in [5, 5.41) is 0. The average molecular weight is 375 g/mol. The molecule has 0 radical (unpaired) electrons. The second-order valence-electron chi connectivity index (χ2n) is 6.33. The van der Waals surface area contributed by atoms with Crippen molar-refractivity contribution in [1.82, 2.24) is 4.31 Å². The number of nitrogens with zero attached hydrogens (tertiary/aromatic N) is 1. The molecular formula is C19H23N2O4S+. The zero-order chi connectivity index (χ0) is 18.6. The number of esters is 1. The Morgan fingerprint density at radius 3 is 2.23 bits per heavy atom. The summed E-state index contributed by atoms with van der Waals surface area (Å²) in [6.07, 6.45) is 0. The molecule has 1 aliphatic heterocycles. The highest BCUT2D eigenvalue weighted by atomic mass is 32.2. The van der Waals surface area contributed by atoms with E-state index in [1.165, 1.54) is 12.0 Å². The van der Waals surface area contributed by atoms with Crippen molar-refractivity contribution in [1.29, 1.82) is 0 Å². The van der Waals surface area contributed by atoms with Crippen LogP contribution in [0.3, 0.4) is 0 Å². The summed E-state index contributed by atoms with van der Waals surface area (Å²) in [4.78, 5) is 13.1. The number of piperazine rings is 1. The van der Waals surface area contributed by atoms with Gasteiger partial charge in [0.2, 0.25) is 10.0 Å². The predicted octanol–water partition coefficient (Wildman–Crippen LogP) is 0.563. The first-order chi connectivity index (χ1) is 12.5. The molecule has 3 rings (SSSR count). The molecule has 26 heavy (non-hydrogen) atoms. The third-order valence-electron chi connectivity index (χ3n) is 4.64. The standard InChI is InChI=1S/C19H22N2O4S/c1-25-19(22)17-9-7-16(8-10-17)15-20-11-13-21(14-12-20)26(23,24)18-5-3-2-4-6-18/h2-10H,11-15H2,1H3/p+1. The summed E-state index contributed by atoms with van der Waals surface area (Å²) in [5.41, 5.74) is 1.65. The van der Waals surface area contributed by atoms with Gasteiger partial charge in [0.05, 0.1) is 43.7 Å². The zero-order valence-corrected chi connectivity index (χ0v) is 15.5. The maximum atomic E-state index is 12.7. The number of rotatable bonds is 5. The zero-order valence-electron chi connectivity index (χ0n) is 14.7. The topological polar surface area (TPSA) is 68.1 Å². The smallest absolute Gasteiger partial charge is 0.337 e. The lowest BCUT2D eigenvalue weighted by Crippen LogP contribution is -3.13. The molecule has 0 saturated carbocycles. The van der Waals surface area contributed by atoms with Gasteiger partial charge < -0.3 is 9.64 Å². The van der Waals surface area contributed by atoms with Crippen molar-refractivity contribution >= 4 is 16.0 Å². The van der Waals surface area contributed by atoms with Crippen molar-refractivity contribution in [2.24, 2.45) is 0 Å². The van der Waals surface area contributed by atoms with Gasteiger partial charge >= 0.3 is 5.97 Å². The number of hydrogen-bond donors (Lipinski definition) is 1. The summed E-state index contributed by atoms with van der Waals surface area (Å²) in [7, 11) is -2.04. The largest absolute Gasteiger partial charge is 0.465 e. The normalized spacial score (nSPS) is 16.3. The summed E-state index contributed by atoms with van der Waals surface area (Å²) < 4.78 is 31.6. The number of sulfonamides is 1. The van der Waals surface area contributed by atoms with Crippen LogP contribution in [-0.4, -0.2) is 52.0 Å². The first kappa shape index (κ1) is 18.6. The molecule has 0 spiro atoms. The van der Waals surface area contributed by atoms with Crippen LogP contribution in [0.2, 0.25) is 0 Å². The Morgan fingerprint density at radius 2 is 1.65 bits per heavy atom. The molecule has 2 aromatic carbocycles. The SMILES string of the molecule is COC(=O)c1ccc(C[NH+]2CCN(S(=O)(=O)c3ccccc3)CC2)cc1. The molecule has 0 atom stereocenters. The number of quaternary nitrogens is 1. The highest BCUT2D eigenvalue weighted by molar-refractivity contribution is 7.89. The summed E-state index contributed by atoms with van der Waals surface area (Å²) >= 11 is 0. The van der Waals surface area contributed by atoms with E-state index in [1.807, 2.05) is 18.2 Å². The molecule has 1 N–H and O–H groups in total. The molecule has 138 valence electrons. The highest BCUT2D eigenvalue weighted by Gasteiger charge is 2.30. The molecule has 1 fully saturated rings. The number of carbonyl (C=O) groups excluding carboxylic acids is 1. The van der Waals surface area contributed by atoms with Crippen LogP contribution < -0.4 is 4.90 Å². The number of benzene rings is 2. The Bertz CT molecular complexity index is 843. The minimum absolute atomic E-state index is 0.344. The van der Waals surface area contributed by atoms with Gasteiger partial charge in [0, 0.05) is 5.56 Å². The van der Waals surface area contributed by atoms with E-state index in [9.17, 15) is 13.2 Å². The Morgan fingerprint density at radius 1 is 1.04 bits per heavy atom. The fraction of sp³-hybridized carbons (Fsp3) is 0.316. The van der Waals surface area contributed by atoms with Gasteiger partial charge in [-0.3, -0.25) is 0 Å². The lowest BCUT2D eigenvalue weighted by molar-refractivity contribution is -0.917.